The van der Waals surface area contributed by atoms with Crippen LogP contribution in [-0.2, 0) is 4.79 Å². The van der Waals surface area contributed by atoms with Crippen LogP contribution < -0.4 is 4.73 Å². The van der Waals surface area contributed by atoms with Crippen molar-refractivity contribution in [3.8, 4) is 0 Å². The maximum Gasteiger partial charge on any atom is 0.331 e. The number of rotatable bonds is 4. The quantitative estimate of drug-likeness (QED) is 0.224. The molecule has 3 aromatic carbocycles. The van der Waals surface area contributed by atoms with E-state index in [0.717, 1.165) is 36.7 Å². The second-order valence-electron chi connectivity index (χ2n) is 6.43. The molecule has 1 heterocycles. The lowest BCUT2D eigenvalue weighted by Gasteiger charge is -2.14. The number of aliphatic carboxylic acids is 1. The summed E-state index contributed by atoms with van der Waals surface area (Å²) >= 11 is 1.42. The van der Waals surface area contributed by atoms with Crippen molar-refractivity contribution in [2.75, 3.05) is 0 Å². The molecule has 0 unspecified atom stereocenters. The standard InChI is InChI=1S/C23H17NO3S/c1-15(23(25)26)14-20-16-8-2-4-10-18(16)22(19-11-5-3-9-17(19)20)28-21-12-6-7-13-24(21)27/h2-14H,1H3,(H,25,26)/b15-14+. The molecule has 1 aromatic heterocycles. The number of carboxylic acids is 1. The molecule has 4 rings (SSSR count). The molecule has 4 aromatic rings. The Kier molecular flexibility index (Phi) is 4.75. The summed E-state index contributed by atoms with van der Waals surface area (Å²) < 4.78 is 0.858. The number of aromatic nitrogens is 1. The number of benzene rings is 3. The van der Waals surface area contributed by atoms with Gasteiger partial charge in [-0.2, -0.15) is 4.73 Å². The highest BCUT2D eigenvalue weighted by molar-refractivity contribution is 7.99. The van der Waals surface area contributed by atoms with E-state index in [1.165, 1.54) is 18.0 Å². The van der Waals surface area contributed by atoms with Gasteiger partial charge in [-0.15, -0.1) is 0 Å². The van der Waals surface area contributed by atoms with E-state index < -0.39 is 5.97 Å². The van der Waals surface area contributed by atoms with Gasteiger partial charge in [-0.3, -0.25) is 0 Å². The van der Waals surface area contributed by atoms with Gasteiger partial charge in [0.15, 0.2) is 6.20 Å². The summed E-state index contributed by atoms with van der Waals surface area (Å²) in [5, 5.41) is 26.0. The van der Waals surface area contributed by atoms with Crippen molar-refractivity contribution in [2.45, 2.75) is 16.8 Å². The van der Waals surface area contributed by atoms with Crippen LogP contribution in [0.15, 0.2) is 88.4 Å². The highest BCUT2D eigenvalue weighted by atomic mass is 32.2. The Bertz CT molecular complexity index is 1190. The molecular formula is C23H17NO3S. The third-order valence-electron chi connectivity index (χ3n) is 4.62. The van der Waals surface area contributed by atoms with Gasteiger partial charge in [-0.05, 0) is 57.9 Å². The van der Waals surface area contributed by atoms with Gasteiger partial charge >= 0.3 is 5.97 Å². The maximum absolute atomic E-state index is 12.2. The summed E-state index contributed by atoms with van der Waals surface area (Å²) in [5.41, 5.74) is 1.15. The van der Waals surface area contributed by atoms with Crippen LogP contribution in [0.5, 0.6) is 0 Å². The Morgan fingerprint density at radius 1 is 0.929 bits per heavy atom. The van der Waals surface area contributed by atoms with Crippen molar-refractivity contribution >= 4 is 45.4 Å². The Morgan fingerprint density at radius 2 is 1.46 bits per heavy atom. The predicted octanol–water partition coefficient (Wildman–Crippen LogP) is 5.27. The van der Waals surface area contributed by atoms with E-state index in [9.17, 15) is 15.1 Å². The van der Waals surface area contributed by atoms with Crippen molar-refractivity contribution in [3.63, 3.8) is 0 Å². The van der Waals surface area contributed by atoms with Gasteiger partial charge in [0, 0.05) is 22.6 Å². The minimum Gasteiger partial charge on any atom is -0.618 e. The normalized spacial score (nSPS) is 11.8. The molecule has 5 heteroatoms. The van der Waals surface area contributed by atoms with Crippen LogP contribution in [0, 0.1) is 5.21 Å². The topological polar surface area (TPSA) is 64.2 Å². The monoisotopic (exact) mass is 387 g/mol. The summed E-state index contributed by atoms with van der Waals surface area (Å²) in [6, 6.07) is 21.1. The fourth-order valence-corrected chi connectivity index (χ4v) is 4.34. The molecular weight excluding hydrogens is 370 g/mol. The molecule has 0 saturated carbocycles. The fraction of sp³-hybridized carbons (Fsp3) is 0.0435. The second kappa shape index (κ2) is 7.37. The molecule has 1 N–H and O–H groups in total. The van der Waals surface area contributed by atoms with E-state index in [-0.39, 0.29) is 5.57 Å². The summed E-state index contributed by atoms with van der Waals surface area (Å²) in [6.45, 7) is 1.60. The Morgan fingerprint density at radius 3 is 2.00 bits per heavy atom. The number of nitrogens with zero attached hydrogens (tertiary/aromatic N) is 1. The van der Waals surface area contributed by atoms with Gasteiger partial charge in [0.05, 0.1) is 0 Å². The van der Waals surface area contributed by atoms with Gasteiger partial charge in [0.2, 0.25) is 0 Å². The number of fused-ring (bicyclic) bond motifs is 2. The van der Waals surface area contributed by atoms with Gasteiger partial charge in [0.25, 0.3) is 5.03 Å². The third kappa shape index (κ3) is 3.21. The first kappa shape index (κ1) is 18.1. The highest BCUT2D eigenvalue weighted by Gasteiger charge is 2.17. The SMILES string of the molecule is C/C(=C\c1c2ccccc2c(Sc2cccc[n+]2[O-])c2ccccc12)C(=O)O. The van der Waals surface area contributed by atoms with Crippen molar-refractivity contribution in [1.29, 1.82) is 0 Å². The van der Waals surface area contributed by atoms with E-state index in [0.29, 0.717) is 5.03 Å². The zero-order valence-corrected chi connectivity index (χ0v) is 15.9. The third-order valence-corrected chi connectivity index (χ3v) is 5.79. The summed E-state index contributed by atoms with van der Waals surface area (Å²) in [4.78, 5) is 12.4. The molecule has 0 amide bonds. The largest absolute Gasteiger partial charge is 0.618 e. The molecule has 28 heavy (non-hydrogen) atoms. The Labute approximate surface area is 166 Å². The number of carboxylic acid groups (broad SMARTS) is 1. The van der Waals surface area contributed by atoms with Crippen LogP contribution >= 0.6 is 11.8 Å². The molecule has 0 aliphatic heterocycles. The van der Waals surface area contributed by atoms with Gasteiger partial charge in [-0.25, -0.2) is 4.79 Å². The number of carbonyl (C=O) groups is 1. The maximum atomic E-state index is 12.2. The van der Waals surface area contributed by atoms with E-state index in [2.05, 4.69) is 0 Å². The number of hydrogen-bond donors (Lipinski definition) is 1. The lowest BCUT2D eigenvalue weighted by molar-refractivity contribution is -0.645. The molecule has 0 spiro atoms. The molecule has 0 aliphatic carbocycles. The average molecular weight is 387 g/mol. The Hall–Kier alpha value is -3.31. The lowest BCUT2D eigenvalue weighted by Crippen LogP contribution is -2.27. The predicted molar refractivity (Wildman–Crippen MR) is 112 cm³/mol. The van der Waals surface area contributed by atoms with Crippen molar-refractivity contribution in [2.24, 2.45) is 0 Å². The van der Waals surface area contributed by atoms with E-state index in [1.807, 2.05) is 54.6 Å². The zero-order valence-electron chi connectivity index (χ0n) is 15.1. The molecule has 0 radical (unpaired) electrons. The highest BCUT2D eigenvalue weighted by Crippen LogP contribution is 2.41. The van der Waals surface area contributed by atoms with E-state index in [1.54, 1.807) is 25.1 Å². The number of hydrogen-bond acceptors (Lipinski definition) is 3. The molecule has 0 bridgehead atoms. The first-order valence-corrected chi connectivity index (χ1v) is 9.59. The van der Waals surface area contributed by atoms with Crippen LogP contribution in [0.1, 0.15) is 12.5 Å². The molecule has 0 atom stereocenters. The Balaban J connectivity index is 2.07. The van der Waals surface area contributed by atoms with Crippen molar-refractivity contribution in [3.05, 3.63) is 89.3 Å². The minimum absolute atomic E-state index is 0.274. The van der Waals surface area contributed by atoms with Gasteiger partial charge in [-0.1, -0.05) is 48.5 Å². The number of pyridine rings is 1. The van der Waals surface area contributed by atoms with E-state index in [4.69, 9.17) is 0 Å². The summed E-state index contributed by atoms with van der Waals surface area (Å²) in [7, 11) is 0. The van der Waals surface area contributed by atoms with E-state index >= 15 is 0 Å². The van der Waals surface area contributed by atoms with Crippen LogP contribution in [0.25, 0.3) is 27.6 Å². The van der Waals surface area contributed by atoms with Crippen LogP contribution in [0.3, 0.4) is 0 Å². The minimum atomic E-state index is -0.941. The van der Waals surface area contributed by atoms with Crippen LogP contribution in [0.4, 0.5) is 0 Å². The smallest absolute Gasteiger partial charge is 0.331 e. The summed E-state index contributed by atoms with van der Waals surface area (Å²) in [6.07, 6.45) is 3.21. The molecule has 0 aliphatic rings. The van der Waals surface area contributed by atoms with Crippen molar-refractivity contribution in [1.82, 2.24) is 0 Å². The molecule has 0 fully saturated rings. The first-order valence-electron chi connectivity index (χ1n) is 8.77. The van der Waals surface area contributed by atoms with Gasteiger partial charge in [0.1, 0.15) is 0 Å². The first-order chi connectivity index (χ1) is 13.6. The van der Waals surface area contributed by atoms with Crippen LogP contribution in [0.2, 0.25) is 0 Å². The molecule has 0 saturated heterocycles. The molecule has 4 nitrogen and oxygen atoms in total. The lowest BCUT2D eigenvalue weighted by atomic mass is 9.95. The van der Waals surface area contributed by atoms with Crippen molar-refractivity contribution < 1.29 is 14.6 Å². The second-order valence-corrected chi connectivity index (χ2v) is 7.46. The zero-order chi connectivity index (χ0) is 19.7. The van der Waals surface area contributed by atoms with Gasteiger partial charge < -0.3 is 10.3 Å². The summed E-state index contributed by atoms with van der Waals surface area (Å²) in [5.74, 6) is -0.941. The fourth-order valence-electron chi connectivity index (χ4n) is 3.26. The molecule has 138 valence electrons. The average Bonchev–Trinajstić information content (AvgIpc) is 2.71. The van der Waals surface area contributed by atoms with Crippen LogP contribution in [-0.4, -0.2) is 11.1 Å².